The molecule has 1 amide bonds. The van der Waals surface area contributed by atoms with Gasteiger partial charge in [0, 0.05) is 31.7 Å². The van der Waals surface area contributed by atoms with Crippen molar-refractivity contribution < 1.29 is 9.53 Å². The third-order valence-corrected chi connectivity index (χ3v) is 2.95. The number of carbonyl (C=O) groups excluding carboxylic acids is 1. The highest BCUT2D eigenvalue weighted by atomic mass is 16.5. The molecule has 2 rings (SSSR count). The Labute approximate surface area is 124 Å². The lowest BCUT2D eigenvalue weighted by atomic mass is 10.1. The molecule has 0 aliphatic carbocycles. The number of amides is 1. The van der Waals surface area contributed by atoms with Crippen LogP contribution in [-0.4, -0.2) is 42.5 Å². The Morgan fingerprint density at radius 1 is 1.33 bits per heavy atom. The molecule has 1 aromatic carbocycles. The molecule has 0 atom stereocenters. The number of rotatable bonds is 8. The maximum Gasteiger partial charge on any atom is 0.238 e. The zero-order valence-corrected chi connectivity index (χ0v) is 12.1. The Bertz CT molecular complexity index is 555. The fourth-order valence-electron chi connectivity index (χ4n) is 1.92. The van der Waals surface area contributed by atoms with E-state index in [2.05, 4.69) is 15.7 Å². The van der Waals surface area contributed by atoms with Crippen LogP contribution in [0.25, 0.3) is 0 Å². The van der Waals surface area contributed by atoms with Gasteiger partial charge in [-0.25, -0.2) is 0 Å². The molecule has 21 heavy (non-hydrogen) atoms. The van der Waals surface area contributed by atoms with Crippen LogP contribution in [0.4, 0.5) is 5.69 Å². The summed E-state index contributed by atoms with van der Waals surface area (Å²) in [4.78, 5) is 11.9. The van der Waals surface area contributed by atoms with Gasteiger partial charge in [0.05, 0.1) is 19.7 Å². The highest BCUT2D eigenvalue weighted by Crippen LogP contribution is 2.15. The van der Waals surface area contributed by atoms with Crippen molar-refractivity contribution in [2.24, 2.45) is 0 Å². The van der Waals surface area contributed by atoms with Gasteiger partial charge in [0.2, 0.25) is 5.91 Å². The number of carbonyl (C=O) groups is 1. The van der Waals surface area contributed by atoms with Crippen molar-refractivity contribution in [3.05, 3.63) is 48.3 Å². The summed E-state index contributed by atoms with van der Waals surface area (Å²) in [6.45, 7) is 2.13. The van der Waals surface area contributed by atoms with E-state index in [0.29, 0.717) is 19.7 Å². The molecule has 0 aliphatic rings. The Kier molecular flexibility index (Phi) is 5.93. The molecule has 0 bridgehead atoms. The second-order valence-electron chi connectivity index (χ2n) is 4.58. The molecule has 0 fully saturated rings. The molecule has 2 aromatic rings. The van der Waals surface area contributed by atoms with Crippen LogP contribution in [0.2, 0.25) is 0 Å². The molecule has 0 aliphatic heterocycles. The molecule has 6 nitrogen and oxygen atoms in total. The van der Waals surface area contributed by atoms with E-state index in [1.54, 1.807) is 13.3 Å². The number of methoxy groups -OCH3 is 1. The lowest BCUT2D eigenvalue weighted by Gasteiger charge is -2.11. The van der Waals surface area contributed by atoms with Crippen molar-refractivity contribution >= 4 is 11.6 Å². The van der Waals surface area contributed by atoms with E-state index in [0.717, 1.165) is 11.3 Å². The normalized spacial score (nSPS) is 10.5. The summed E-state index contributed by atoms with van der Waals surface area (Å²) in [6, 6.07) is 9.61. The predicted molar refractivity (Wildman–Crippen MR) is 81.1 cm³/mol. The topological polar surface area (TPSA) is 68.2 Å². The van der Waals surface area contributed by atoms with Crippen molar-refractivity contribution in [3.63, 3.8) is 0 Å². The SMILES string of the molecule is COCCNCC(=O)Nc1ccccc1Cn1cccn1. The first-order chi connectivity index (χ1) is 10.3. The molecule has 112 valence electrons. The van der Waals surface area contributed by atoms with Gasteiger partial charge in [-0.2, -0.15) is 5.10 Å². The molecule has 6 heteroatoms. The molecule has 1 heterocycles. The Hall–Kier alpha value is -2.18. The third-order valence-electron chi connectivity index (χ3n) is 2.95. The summed E-state index contributed by atoms with van der Waals surface area (Å²) in [5, 5.41) is 10.1. The van der Waals surface area contributed by atoms with Crippen LogP contribution in [0.5, 0.6) is 0 Å². The number of ether oxygens (including phenoxy) is 1. The van der Waals surface area contributed by atoms with Crippen molar-refractivity contribution in [1.29, 1.82) is 0 Å². The maximum atomic E-state index is 11.9. The van der Waals surface area contributed by atoms with E-state index in [4.69, 9.17) is 4.74 Å². The number of hydrogen-bond donors (Lipinski definition) is 2. The van der Waals surface area contributed by atoms with Gasteiger partial charge in [-0.15, -0.1) is 0 Å². The quantitative estimate of drug-likeness (QED) is 0.714. The third kappa shape index (κ3) is 5.02. The zero-order chi connectivity index (χ0) is 14.9. The van der Waals surface area contributed by atoms with Crippen LogP contribution < -0.4 is 10.6 Å². The average Bonchev–Trinajstić information content (AvgIpc) is 2.99. The monoisotopic (exact) mass is 288 g/mol. The molecular weight excluding hydrogens is 268 g/mol. The smallest absolute Gasteiger partial charge is 0.238 e. The van der Waals surface area contributed by atoms with E-state index < -0.39 is 0 Å². The number of nitrogens with one attached hydrogen (secondary N) is 2. The van der Waals surface area contributed by atoms with Crippen molar-refractivity contribution in [3.8, 4) is 0 Å². The van der Waals surface area contributed by atoms with E-state index in [1.807, 2.05) is 41.2 Å². The first-order valence-electron chi connectivity index (χ1n) is 6.84. The highest BCUT2D eigenvalue weighted by molar-refractivity contribution is 5.92. The van der Waals surface area contributed by atoms with Crippen molar-refractivity contribution in [2.75, 3.05) is 32.1 Å². The van der Waals surface area contributed by atoms with Gasteiger partial charge < -0.3 is 15.4 Å². The second kappa shape index (κ2) is 8.18. The number of para-hydroxylation sites is 1. The number of hydrogen-bond acceptors (Lipinski definition) is 4. The van der Waals surface area contributed by atoms with E-state index in [1.165, 1.54) is 0 Å². The van der Waals surface area contributed by atoms with E-state index in [-0.39, 0.29) is 12.5 Å². The highest BCUT2D eigenvalue weighted by Gasteiger charge is 2.06. The molecule has 0 radical (unpaired) electrons. The number of aromatic nitrogens is 2. The largest absolute Gasteiger partial charge is 0.383 e. The van der Waals surface area contributed by atoms with Crippen LogP contribution in [-0.2, 0) is 16.1 Å². The Balaban J connectivity index is 1.91. The van der Waals surface area contributed by atoms with Crippen LogP contribution in [0, 0.1) is 0 Å². The van der Waals surface area contributed by atoms with E-state index in [9.17, 15) is 4.79 Å². The lowest BCUT2D eigenvalue weighted by Crippen LogP contribution is -2.30. The van der Waals surface area contributed by atoms with Crippen molar-refractivity contribution in [2.45, 2.75) is 6.54 Å². The summed E-state index contributed by atoms with van der Waals surface area (Å²) in [5.74, 6) is -0.0704. The van der Waals surface area contributed by atoms with E-state index >= 15 is 0 Å². The fraction of sp³-hybridized carbons (Fsp3) is 0.333. The molecule has 0 spiro atoms. The lowest BCUT2D eigenvalue weighted by molar-refractivity contribution is -0.115. The van der Waals surface area contributed by atoms with Gasteiger partial charge in [-0.3, -0.25) is 9.48 Å². The van der Waals surface area contributed by atoms with Crippen LogP contribution in [0.15, 0.2) is 42.7 Å². The average molecular weight is 288 g/mol. The van der Waals surface area contributed by atoms with Gasteiger partial charge in [0.25, 0.3) is 0 Å². The molecule has 1 aromatic heterocycles. The van der Waals surface area contributed by atoms with Crippen LogP contribution >= 0.6 is 0 Å². The molecular formula is C15H20N4O2. The number of benzene rings is 1. The van der Waals surface area contributed by atoms with Gasteiger partial charge >= 0.3 is 0 Å². The van der Waals surface area contributed by atoms with Gasteiger partial charge in [-0.05, 0) is 17.7 Å². The summed E-state index contributed by atoms with van der Waals surface area (Å²) < 4.78 is 6.74. The minimum atomic E-state index is -0.0704. The minimum Gasteiger partial charge on any atom is -0.383 e. The second-order valence-corrected chi connectivity index (χ2v) is 4.58. The van der Waals surface area contributed by atoms with Crippen LogP contribution in [0.1, 0.15) is 5.56 Å². The van der Waals surface area contributed by atoms with Crippen molar-refractivity contribution in [1.82, 2.24) is 15.1 Å². The summed E-state index contributed by atoms with van der Waals surface area (Å²) in [7, 11) is 1.63. The summed E-state index contributed by atoms with van der Waals surface area (Å²) in [6.07, 6.45) is 3.63. The molecule has 0 unspecified atom stereocenters. The number of nitrogens with zero attached hydrogens (tertiary/aromatic N) is 2. The van der Waals surface area contributed by atoms with Gasteiger partial charge in [0.1, 0.15) is 0 Å². The Morgan fingerprint density at radius 2 is 2.19 bits per heavy atom. The fourth-order valence-corrected chi connectivity index (χ4v) is 1.92. The van der Waals surface area contributed by atoms with Crippen LogP contribution in [0.3, 0.4) is 0 Å². The molecule has 0 saturated carbocycles. The zero-order valence-electron chi connectivity index (χ0n) is 12.1. The predicted octanol–water partition coefficient (Wildman–Crippen LogP) is 1.11. The number of anilines is 1. The first-order valence-corrected chi connectivity index (χ1v) is 6.84. The minimum absolute atomic E-state index is 0.0704. The standard InChI is InChI=1S/C15H20N4O2/c1-21-10-8-16-11-15(20)18-14-6-3-2-5-13(14)12-19-9-4-7-17-19/h2-7,9,16H,8,10-12H2,1H3,(H,18,20). The molecule has 2 N–H and O–H groups in total. The summed E-state index contributed by atoms with van der Waals surface area (Å²) in [5.41, 5.74) is 1.83. The Morgan fingerprint density at radius 3 is 2.95 bits per heavy atom. The first kappa shape index (κ1) is 15.2. The van der Waals surface area contributed by atoms with Gasteiger partial charge in [0.15, 0.2) is 0 Å². The molecule has 0 saturated heterocycles. The maximum absolute atomic E-state index is 11.9. The van der Waals surface area contributed by atoms with Gasteiger partial charge in [-0.1, -0.05) is 18.2 Å². The summed E-state index contributed by atoms with van der Waals surface area (Å²) >= 11 is 0.